The number of nitrogens with zero attached hydrogens (tertiary/aromatic N) is 1. The normalized spacial score (nSPS) is 13.9. The maximum atomic E-state index is 12.7. The number of nitrogens with one attached hydrogen (secondary N) is 1. The lowest BCUT2D eigenvalue weighted by Gasteiger charge is -2.28. The lowest BCUT2D eigenvalue weighted by Crippen LogP contribution is -2.43. The number of ether oxygens (including phenoxy) is 1. The summed E-state index contributed by atoms with van der Waals surface area (Å²) in [6, 6.07) is 20.5. The third-order valence-electron chi connectivity index (χ3n) is 4.80. The second-order valence-corrected chi connectivity index (χ2v) is 8.31. The minimum Gasteiger partial charge on any atom is -0.459 e. The lowest BCUT2D eigenvalue weighted by molar-refractivity contribution is -0.157. The van der Waals surface area contributed by atoms with E-state index in [4.69, 9.17) is 4.74 Å². The van der Waals surface area contributed by atoms with Crippen LogP contribution in [0.4, 0.5) is 0 Å². The van der Waals surface area contributed by atoms with E-state index in [9.17, 15) is 4.79 Å². The maximum absolute atomic E-state index is 12.7. The van der Waals surface area contributed by atoms with Crippen LogP contribution < -0.4 is 5.32 Å². The minimum atomic E-state index is -0.493. The zero-order valence-electron chi connectivity index (χ0n) is 17.8. The molecule has 0 saturated heterocycles. The first-order chi connectivity index (χ1) is 13.3. The molecule has 0 radical (unpaired) electrons. The van der Waals surface area contributed by atoms with E-state index in [2.05, 4.69) is 60.6 Å². The predicted octanol–water partition coefficient (Wildman–Crippen LogP) is 4.57. The molecule has 1 N–H and O–H groups in total. The quantitative estimate of drug-likeness (QED) is 0.645. The van der Waals surface area contributed by atoms with Crippen LogP contribution in [0.1, 0.15) is 51.3 Å². The first-order valence-corrected chi connectivity index (χ1v) is 10.0. The van der Waals surface area contributed by atoms with Crippen molar-refractivity contribution in [2.24, 2.45) is 0 Å². The molecule has 2 aromatic carbocycles. The summed E-state index contributed by atoms with van der Waals surface area (Å²) >= 11 is 0. The molecular formula is C24H34N2O2. The van der Waals surface area contributed by atoms with Crippen LogP contribution in [0.25, 0.3) is 0 Å². The van der Waals surface area contributed by atoms with Crippen LogP contribution in [0.5, 0.6) is 0 Å². The van der Waals surface area contributed by atoms with E-state index < -0.39 is 5.60 Å². The molecule has 0 amide bonds. The number of hydrogen-bond donors (Lipinski definition) is 1. The van der Waals surface area contributed by atoms with Crippen molar-refractivity contribution in [3.8, 4) is 0 Å². The summed E-state index contributed by atoms with van der Waals surface area (Å²) in [7, 11) is 2.10. The Balaban J connectivity index is 1.98. The summed E-state index contributed by atoms with van der Waals surface area (Å²) in [4.78, 5) is 15.0. The number of carbonyl (C=O) groups is 1. The average molecular weight is 383 g/mol. The van der Waals surface area contributed by atoms with Gasteiger partial charge < -0.3 is 10.1 Å². The summed E-state index contributed by atoms with van der Waals surface area (Å²) < 4.78 is 5.65. The van der Waals surface area contributed by atoms with E-state index in [1.165, 1.54) is 5.56 Å². The second kappa shape index (κ2) is 10.4. The second-order valence-electron chi connectivity index (χ2n) is 8.31. The molecule has 4 heteroatoms. The van der Waals surface area contributed by atoms with E-state index in [-0.39, 0.29) is 18.1 Å². The highest BCUT2D eigenvalue weighted by Gasteiger charge is 2.25. The van der Waals surface area contributed by atoms with Gasteiger partial charge in [0.1, 0.15) is 11.6 Å². The molecule has 0 aliphatic carbocycles. The van der Waals surface area contributed by atoms with Gasteiger partial charge in [-0.2, -0.15) is 0 Å². The molecule has 0 aromatic heterocycles. The fourth-order valence-corrected chi connectivity index (χ4v) is 3.03. The number of rotatable bonds is 9. The predicted molar refractivity (Wildman–Crippen MR) is 115 cm³/mol. The van der Waals surface area contributed by atoms with Gasteiger partial charge >= 0.3 is 5.97 Å². The average Bonchev–Trinajstić information content (AvgIpc) is 2.67. The summed E-state index contributed by atoms with van der Waals surface area (Å²) in [6.07, 6.45) is 0.690. The Morgan fingerprint density at radius 2 is 1.61 bits per heavy atom. The van der Waals surface area contributed by atoms with Crippen molar-refractivity contribution in [2.75, 3.05) is 13.6 Å². The topological polar surface area (TPSA) is 41.6 Å². The molecule has 0 fully saturated rings. The Morgan fingerprint density at radius 3 is 2.18 bits per heavy atom. The zero-order chi connectivity index (χ0) is 20.6. The van der Waals surface area contributed by atoms with E-state index in [1.807, 2.05) is 45.0 Å². The molecule has 2 rings (SSSR count). The van der Waals surface area contributed by atoms with Crippen LogP contribution >= 0.6 is 0 Å². The molecule has 0 aliphatic heterocycles. The van der Waals surface area contributed by atoms with Crippen LogP contribution in [-0.4, -0.2) is 36.1 Å². The number of esters is 1. The monoisotopic (exact) mass is 382 g/mol. The van der Waals surface area contributed by atoms with Gasteiger partial charge in [-0.25, -0.2) is 0 Å². The zero-order valence-corrected chi connectivity index (χ0v) is 17.8. The summed E-state index contributed by atoms with van der Waals surface area (Å²) in [5.74, 6) is -0.191. The summed E-state index contributed by atoms with van der Waals surface area (Å²) in [5, 5.41) is 3.39. The molecule has 0 saturated carbocycles. The van der Waals surface area contributed by atoms with Crippen molar-refractivity contribution in [1.82, 2.24) is 10.2 Å². The van der Waals surface area contributed by atoms with Gasteiger partial charge in [0.2, 0.25) is 0 Å². The molecule has 4 nitrogen and oxygen atoms in total. The van der Waals surface area contributed by atoms with Crippen LogP contribution in [-0.2, 0) is 16.1 Å². The largest absolute Gasteiger partial charge is 0.459 e. The number of carbonyl (C=O) groups excluding carboxylic acids is 1. The molecule has 152 valence electrons. The summed E-state index contributed by atoms with van der Waals surface area (Å²) in [6.45, 7) is 9.34. The van der Waals surface area contributed by atoms with E-state index in [0.29, 0.717) is 13.0 Å². The van der Waals surface area contributed by atoms with Gasteiger partial charge in [-0.3, -0.25) is 9.69 Å². The fraction of sp³-hybridized carbons (Fsp3) is 0.458. The van der Waals surface area contributed by atoms with Crippen LogP contribution in [0.15, 0.2) is 60.7 Å². The van der Waals surface area contributed by atoms with Gasteiger partial charge in [0.25, 0.3) is 0 Å². The highest BCUT2D eigenvalue weighted by molar-refractivity contribution is 5.76. The molecule has 0 aliphatic rings. The van der Waals surface area contributed by atoms with Gasteiger partial charge in [-0.15, -0.1) is 0 Å². The lowest BCUT2D eigenvalue weighted by atomic mass is 10.1. The van der Waals surface area contributed by atoms with Gasteiger partial charge in [0.05, 0.1) is 0 Å². The van der Waals surface area contributed by atoms with Gasteiger partial charge in [-0.1, -0.05) is 60.7 Å². The maximum Gasteiger partial charge on any atom is 0.323 e. The highest BCUT2D eigenvalue weighted by atomic mass is 16.6. The molecule has 0 unspecified atom stereocenters. The molecule has 0 heterocycles. The van der Waals surface area contributed by atoms with Crippen LogP contribution in [0, 0.1) is 0 Å². The Labute approximate surface area is 169 Å². The molecule has 28 heavy (non-hydrogen) atoms. The van der Waals surface area contributed by atoms with Crippen LogP contribution in [0.3, 0.4) is 0 Å². The molecule has 2 atom stereocenters. The van der Waals surface area contributed by atoms with Crippen molar-refractivity contribution in [3.05, 3.63) is 71.8 Å². The standard InChI is InChI=1S/C24H34N2O2/c1-19(21-14-10-7-11-15-21)26(5)17-16-22(23(27)28-24(2,3)4)25-18-20-12-8-6-9-13-20/h6-15,19,22,25H,16-18H2,1-5H3/t19-,22+/m0/s1. The smallest absolute Gasteiger partial charge is 0.323 e. The van der Waals surface area contributed by atoms with Gasteiger partial charge in [0.15, 0.2) is 0 Å². The van der Waals surface area contributed by atoms with E-state index in [1.54, 1.807) is 0 Å². The Kier molecular flexibility index (Phi) is 8.21. The molecule has 0 bridgehead atoms. The highest BCUT2D eigenvalue weighted by Crippen LogP contribution is 2.19. The molecule has 2 aromatic rings. The van der Waals surface area contributed by atoms with Crippen molar-refractivity contribution in [3.63, 3.8) is 0 Å². The SMILES string of the molecule is C[C@@H](c1ccccc1)N(C)CC[C@@H](NCc1ccccc1)C(=O)OC(C)(C)C. The van der Waals surface area contributed by atoms with Gasteiger partial charge in [0, 0.05) is 19.1 Å². The van der Waals surface area contributed by atoms with E-state index >= 15 is 0 Å². The van der Waals surface area contributed by atoms with Crippen molar-refractivity contribution < 1.29 is 9.53 Å². The van der Waals surface area contributed by atoms with E-state index in [0.717, 1.165) is 12.1 Å². The Bertz CT molecular complexity index is 710. The van der Waals surface area contributed by atoms with Crippen LogP contribution in [0.2, 0.25) is 0 Å². The third-order valence-corrected chi connectivity index (χ3v) is 4.80. The number of benzene rings is 2. The van der Waals surface area contributed by atoms with Crippen molar-refractivity contribution in [1.29, 1.82) is 0 Å². The minimum absolute atomic E-state index is 0.191. The third kappa shape index (κ3) is 7.45. The Hall–Kier alpha value is -2.17. The van der Waals surface area contributed by atoms with Crippen molar-refractivity contribution >= 4 is 5.97 Å². The Morgan fingerprint density at radius 1 is 1.04 bits per heavy atom. The fourth-order valence-electron chi connectivity index (χ4n) is 3.03. The molecular weight excluding hydrogens is 348 g/mol. The first-order valence-electron chi connectivity index (χ1n) is 10.0. The van der Waals surface area contributed by atoms with Gasteiger partial charge in [-0.05, 0) is 52.3 Å². The number of hydrogen-bond acceptors (Lipinski definition) is 4. The summed E-state index contributed by atoms with van der Waals surface area (Å²) in [5.41, 5.74) is 1.94. The first kappa shape index (κ1) is 22.1. The molecule has 0 spiro atoms. The van der Waals surface area contributed by atoms with Crippen molar-refractivity contribution in [2.45, 2.75) is 58.3 Å².